The summed E-state index contributed by atoms with van der Waals surface area (Å²) in [5, 5.41) is 3.24. The number of hydrogen-bond acceptors (Lipinski definition) is 3. The molecule has 2 heterocycles. The number of nitrogens with one attached hydrogen (secondary N) is 1. The smallest absolute Gasteiger partial charge is 0.264 e. The fourth-order valence-corrected chi connectivity index (χ4v) is 2.72. The van der Waals surface area contributed by atoms with Gasteiger partial charge in [-0.15, -0.1) is 0 Å². The highest BCUT2D eigenvalue weighted by molar-refractivity contribution is 5.83. The maximum absolute atomic E-state index is 13.6. The van der Waals surface area contributed by atoms with E-state index in [0.717, 1.165) is 18.7 Å². The summed E-state index contributed by atoms with van der Waals surface area (Å²) in [5.41, 5.74) is 0.779. The highest BCUT2D eigenvalue weighted by atomic mass is 19.1. The van der Waals surface area contributed by atoms with Crippen molar-refractivity contribution < 1.29 is 13.9 Å². The molecule has 102 valence electrons. The molecule has 5 heteroatoms. The molecule has 0 spiro atoms. The minimum absolute atomic E-state index is 0.0374. The predicted molar refractivity (Wildman–Crippen MR) is 68.6 cm³/mol. The molecular weight excluding hydrogens is 247 g/mol. The molecule has 1 N–H and O–H groups in total. The number of halogens is 1. The Kier molecular flexibility index (Phi) is 3.14. The summed E-state index contributed by atoms with van der Waals surface area (Å²) < 4.78 is 19.1. The summed E-state index contributed by atoms with van der Waals surface area (Å²) in [5.74, 6) is -0.186. The second-order valence-electron chi connectivity index (χ2n) is 5.12. The van der Waals surface area contributed by atoms with Gasteiger partial charge in [0.2, 0.25) is 0 Å². The van der Waals surface area contributed by atoms with E-state index in [0.29, 0.717) is 13.0 Å². The van der Waals surface area contributed by atoms with E-state index in [9.17, 15) is 9.18 Å². The molecule has 2 atom stereocenters. The van der Waals surface area contributed by atoms with Crippen LogP contribution in [0.2, 0.25) is 0 Å². The van der Waals surface area contributed by atoms with Crippen molar-refractivity contribution in [2.75, 3.05) is 19.6 Å². The second-order valence-corrected chi connectivity index (χ2v) is 5.12. The Morgan fingerprint density at radius 2 is 2.37 bits per heavy atom. The molecule has 0 aromatic heterocycles. The summed E-state index contributed by atoms with van der Waals surface area (Å²) in [6.07, 6.45) is -0.116. The number of carbonyl (C=O) groups excluding carboxylic acids is 1. The number of rotatable bonds is 1. The third-order valence-electron chi connectivity index (χ3n) is 3.77. The summed E-state index contributed by atoms with van der Waals surface area (Å²) in [6.45, 7) is 4.27. The molecule has 0 unspecified atom stereocenters. The van der Waals surface area contributed by atoms with Crippen LogP contribution in [0.3, 0.4) is 0 Å². The Balaban J connectivity index is 1.75. The van der Waals surface area contributed by atoms with Gasteiger partial charge in [-0.2, -0.15) is 0 Å². The van der Waals surface area contributed by atoms with Gasteiger partial charge >= 0.3 is 0 Å². The van der Waals surface area contributed by atoms with Crippen molar-refractivity contribution in [2.45, 2.75) is 25.5 Å². The molecule has 0 bridgehead atoms. The number of fused-ring (bicyclic) bond motifs is 1. The highest BCUT2D eigenvalue weighted by Gasteiger charge is 2.36. The van der Waals surface area contributed by atoms with Crippen LogP contribution >= 0.6 is 0 Å². The van der Waals surface area contributed by atoms with E-state index in [1.165, 1.54) is 6.07 Å². The van der Waals surface area contributed by atoms with Crippen molar-refractivity contribution in [3.8, 4) is 5.75 Å². The topological polar surface area (TPSA) is 41.6 Å². The lowest BCUT2D eigenvalue weighted by atomic mass is 10.1. The molecule has 0 saturated carbocycles. The molecule has 0 aliphatic carbocycles. The van der Waals surface area contributed by atoms with Gasteiger partial charge < -0.3 is 15.0 Å². The minimum Gasteiger partial charge on any atom is -0.477 e. The standard InChI is InChI=1S/C14H17FN2O2/c1-9-8-16-5-6-17(9)14(18)12-7-10-3-2-4-11(15)13(10)19-12/h2-4,9,12,16H,5-8H2,1H3/t9-,12+/m1/s1. The summed E-state index contributed by atoms with van der Waals surface area (Å²) in [7, 11) is 0. The van der Waals surface area contributed by atoms with Crippen molar-refractivity contribution in [1.82, 2.24) is 10.2 Å². The van der Waals surface area contributed by atoms with Crippen molar-refractivity contribution in [3.05, 3.63) is 29.6 Å². The lowest BCUT2D eigenvalue weighted by Gasteiger charge is -2.35. The van der Waals surface area contributed by atoms with Gasteiger partial charge in [-0.05, 0) is 13.0 Å². The first-order valence-corrected chi connectivity index (χ1v) is 6.62. The number of nitrogens with zero attached hydrogens (tertiary/aromatic N) is 1. The van der Waals surface area contributed by atoms with E-state index >= 15 is 0 Å². The first kappa shape index (κ1) is 12.4. The molecule has 1 aromatic rings. The van der Waals surface area contributed by atoms with E-state index in [1.807, 2.05) is 17.9 Å². The van der Waals surface area contributed by atoms with Crippen LogP contribution in [0.15, 0.2) is 18.2 Å². The van der Waals surface area contributed by atoms with Gasteiger partial charge in [0, 0.05) is 37.7 Å². The molecule has 1 amide bonds. The molecule has 1 saturated heterocycles. The summed E-state index contributed by atoms with van der Waals surface area (Å²) >= 11 is 0. The first-order valence-electron chi connectivity index (χ1n) is 6.62. The molecule has 3 rings (SSSR count). The predicted octanol–water partition coefficient (Wildman–Crippen LogP) is 0.950. The third-order valence-corrected chi connectivity index (χ3v) is 3.77. The van der Waals surface area contributed by atoms with Crippen molar-refractivity contribution in [3.63, 3.8) is 0 Å². The van der Waals surface area contributed by atoms with Crippen LogP contribution in [0.25, 0.3) is 0 Å². The number of para-hydroxylation sites is 1. The first-order chi connectivity index (χ1) is 9.16. The zero-order valence-electron chi connectivity index (χ0n) is 10.9. The third kappa shape index (κ3) is 2.18. The van der Waals surface area contributed by atoms with E-state index in [2.05, 4.69) is 5.32 Å². The molecular formula is C14H17FN2O2. The Morgan fingerprint density at radius 3 is 3.11 bits per heavy atom. The number of ether oxygens (including phenoxy) is 1. The van der Waals surface area contributed by atoms with Crippen LogP contribution in [0.1, 0.15) is 12.5 Å². The molecule has 2 aliphatic heterocycles. The van der Waals surface area contributed by atoms with E-state index in [4.69, 9.17) is 4.74 Å². The Morgan fingerprint density at radius 1 is 1.53 bits per heavy atom. The van der Waals surface area contributed by atoms with Crippen LogP contribution in [-0.2, 0) is 11.2 Å². The van der Waals surface area contributed by atoms with Gasteiger partial charge in [-0.25, -0.2) is 4.39 Å². The van der Waals surface area contributed by atoms with Crippen LogP contribution in [0.5, 0.6) is 5.75 Å². The van der Waals surface area contributed by atoms with E-state index in [-0.39, 0.29) is 23.5 Å². The Bertz CT molecular complexity index is 506. The number of carbonyl (C=O) groups is 1. The summed E-state index contributed by atoms with van der Waals surface area (Å²) in [6, 6.07) is 4.97. The minimum atomic E-state index is -0.576. The highest BCUT2D eigenvalue weighted by Crippen LogP contribution is 2.32. The molecule has 1 aromatic carbocycles. The Labute approximate surface area is 111 Å². The Hall–Kier alpha value is -1.62. The van der Waals surface area contributed by atoms with E-state index in [1.54, 1.807) is 6.07 Å². The normalized spacial score (nSPS) is 25.9. The molecule has 0 radical (unpaired) electrons. The number of benzene rings is 1. The van der Waals surface area contributed by atoms with Crippen LogP contribution < -0.4 is 10.1 Å². The average Bonchev–Trinajstić information content (AvgIpc) is 2.84. The zero-order valence-corrected chi connectivity index (χ0v) is 10.9. The molecule has 1 fully saturated rings. The lowest BCUT2D eigenvalue weighted by Crippen LogP contribution is -2.55. The van der Waals surface area contributed by atoms with Gasteiger partial charge in [0.1, 0.15) is 0 Å². The monoisotopic (exact) mass is 264 g/mol. The molecule has 2 aliphatic rings. The van der Waals surface area contributed by atoms with Gasteiger partial charge in [-0.1, -0.05) is 12.1 Å². The molecule has 19 heavy (non-hydrogen) atoms. The average molecular weight is 264 g/mol. The lowest BCUT2D eigenvalue weighted by molar-refractivity contribution is -0.140. The zero-order chi connectivity index (χ0) is 13.4. The van der Waals surface area contributed by atoms with E-state index < -0.39 is 6.10 Å². The fourth-order valence-electron chi connectivity index (χ4n) is 2.72. The van der Waals surface area contributed by atoms with Crippen molar-refractivity contribution >= 4 is 5.91 Å². The number of hydrogen-bond donors (Lipinski definition) is 1. The maximum Gasteiger partial charge on any atom is 0.264 e. The van der Waals surface area contributed by atoms with Gasteiger partial charge in [-0.3, -0.25) is 4.79 Å². The van der Waals surface area contributed by atoms with Gasteiger partial charge in [0.25, 0.3) is 5.91 Å². The largest absolute Gasteiger partial charge is 0.477 e. The van der Waals surface area contributed by atoms with Gasteiger partial charge in [0.05, 0.1) is 0 Å². The van der Waals surface area contributed by atoms with Crippen molar-refractivity contribution in [1.29, 1.82) is 0 Å². The SMILES string of the molecule is C[C@@H]1CNCCN1C(=O)[C@@H]1Cc2cccc(F)c2O1. The summed E-state index contributed by atoms with van der Waals surface area (Å²) in [4.78, 5) is 14.3. The number of amides is 1. The van der Waals surface area contributed by atoms with Crippen LogP contribution in [0, 0.1) is 5.82 Å². The number of piperazine rings is 1. The fraction of sp³-hybridized carbons (Fsp3) is 0.500. The van der Waals surface area contributed by atoms with Crippen LogP contribution in [0.4, 0.5) is 4.39 Å². The second kappa shape index (κ2) is 4.81. The van der Waals surface area contributed by atoms with Crippen LogP contribution in [-0.4, -0.2) is 42.6 Å². The van der Waals surface area contributed by atoms with Crippen molar-refractivity contribution in [2.24, 2.45) is 0 Å². The molecule has 4 nitrogen and oxygen atoms in total. The quantitative estimate of drug-likeness (QED) is 0.821. The maximum atomic E-state index is 13.6. The van der Waals surface area contributed by atoms with Gasteiger partial charge in [0.15, 0.2) is 17.7 Å².